The lowest BCUT2D eigenvalue weighted by molar-refractivity contribution is -0.270. The molecule has 12 unspecified atom stereocenters. The van der Waals surface area contributed by atoms with Gasteiger partial charge in [-0.25, -0.2) is 4.79 Å². The Morgan fingerprint density at radius 2 is 1.64 bits per heavy atom. The first kappa shape index (κ1) is 31.1. The van der Waals surface area contributed by atoms with Gasteiger partial charge < -0.3 is 28.5 Å². The highest BCUT2D eigenvalue weighted by atomic mass is 16.6. The topological polar surface area (TPSA) is 122 Å². The van der Waals surface area contributed by atoms with E-state index in [1.807, 2.05) is 6.07 Å². The Morgan fingerprint density at radius 3 is 2.25 bits per heavy atom. The molecule has 4 aliphatic carbocycles. The van der Waals surface area contributed by atoms with Gasteiger partial charge in [0, 0.05) is 59.3 Å². The molecule has 1 N–H and O–H groups in total. The molecule has 44 heavy (non-hydrogen) atoms. The Kier molecular flexibility index (Phi) is 7.28. The Labute approximate surface area is 259 Å². The third-order valence-corrected chi connectivity index (χ3v) is 12.7. The average molecular weight is 611 g/mol. The second kappa shape index (κ2) is 10.3. The molecule has 12 atom stereocenters. The van der Waals surface area contributed by atoms with E-state index in [2.05, 4.69) is 33.8 Å². The van der Waals surface area contributed by atoms with Gasteiger partial charge in [-0.3, -0.25) is 9.59 Å². The van der Waals surface area contributed by atoms with Gasteiger partial charge in [-0.15, -0.1) is 0 Å². The van der Waals surface area contributed by atoms with E-state index in [0.29, 0.717) is 31.4 Å². The zero-order valence-electron chi connectivity index (χ0n) is 27.0. The normalized spacial score (nSPS) is 45.8. The van der Waals surface area contributed by atoms with Gasteiger partial charge in [0.25, 0.3) is 0 Å². The van der Waals surface area contributed by atoms with E-state index < -0.39 is 64.1 Å². The summed E-state index contributed by atoms with van der Waals surface area (Å²) < 4.78 is 30.6. The Morgan fingerprint density at radius 1 is 0.955 bits per heavy atom. The lowest BCUT2D eigenvalue weighted by Crippen LogP contribution is -2.74. The van der Waals surface area contributed by atoms with Crippen molar-refractivity contribution in [1.82, 2.24) is 0 Å². The molecule has 0 aromatic carbocycles. The van der Waals surface area contributed by atoms with Gasteiger partial charge in [0.05, 0.1) is 31.3 Å². The van der Waals surface area contributed by atoms with Crippen LogP contribution < -0.4 is 0 Å². The van der Waals surface area contributed by atoms with E-state index in [1.54, 1.807) is 32.4 Å². The number of allylic oxidation sites excluding steroid dienone is 2. The molecule has 6 rings (SSSR count). The predicted molar refractivity (Wildman–Crippen MR) is 159 cm³/mol. The number of fused-ring (bicyclic) bond motifs is 4. The van der Waals surface area contributed by atoms with Crippen LogP contribution in [0.4, 0.5) is 0 Å². The number of esters is 3. The summed E-state index contributed by atoms with van der Waals surface area (Å²) in [6.07, 6.45) is 5.61. The zero-order valence-corrected chi connectivity index (χ0v) is 27.0. The van der Waals surface area contributed by atoms with Crippen LogP contribution in [0.1, 0.15) is 86.1 Å². The predicted octanol–water partition coefficient (Wildman–Crippen LogP) is 5.27. The molecule has 0 bridgehead atoms. The lowest BCUT2D eigenvalue weighted by Gasteiger charge is -2.70. The van der Waals surface area contributed by atoms with Crippen LogP contribution in [-0.2, 0) is 33.3 Å². The fourth-order valence-corrected chi connectivity index (χ4v) is 10.6. The highest BCUT2D eigenvalue weighted by Crippen LogP contribution is 2.75. The van der Waals surface area contributed by atoms with Crippen LogP contribution in [0.25, 0.3) is 0 Å². The van der Waals surface area contributed by atoms with E-state index in [4.69, 9.17) is 23.4 Å². The molecule has 9 heteroatoms. The van der Waals surface area contributed by atoms with Crippen molar-refractivity contribution < 1.29 is 42.9 Å². The Bertz CT molecular complexity index is 1410. The number of furan rings is 1. The molecule has 1 aromatic rings. The fourth-order valence-electron chi connectivity index (χ4n) is 10.6. The molecule has 0 amide bonds. The van der Waals surface area contributed by atoms with Gasteiger partial charge >= 0.3 is 17.9 Å². The quantitative estimate of drug-likeness (QED) is 0.206. The van der Waals surface area contributed by atoms with Gasteiger partial charge in [0.2, 0.25) is 0 Å². The van der Waals surface area contributed by atoms with Crippen molar-refractivity contribution in [3.63, 3.8) is 0 Å². The Hall–Kier alpha value is -2.91. The first-order valence-electron chi connectivity index (χ1n) is 15.9. The van der Waals surface area contributed by atoms with E-state index >= 15 is 0 Å². The summed E-state index contributed by atoms with van der Waals surface area (Å²) in [5.41, 5.74) is -0.215. The van der Waals surface area contributed by atoms with Gasteiger partial charge in [-0.1, -0.05) is 45.4 Å². The van der Waals surface area contributed by atoms with Crippen LogP contribution in [-0.4, -0.2) is 60.1 Å². The molecule has 3 saturated carbocycles. The van der Waals surface area contributed by atoms with Crippen molar-refractivity contribution in [2.24, 2.45) is 33.5 Å². The van der Waals surface area contributed by atoms with Gasteiger partial charge in [0.15, 0.2) is 0 Å². The van der Waals surface area contributed by atoms with Crippen LogP contribution in [0.2, 0.25) is 0 Å². The summed E-state index contributed by atoms with van der Waals surface area (Å²) in [4.78, 5) is 38.4. The summed E-state index contributed by atoms with van der Waals surface area (Å²) >= 11 is 0. The minimum atomic E-state index is -0.899. The minimum absolute atomic E-state index is 0.0171. The average Bonchev–Trinajstić information content (AvgIpc) is 3.69. The van der Waals surface area contributed by atoms with Crippen LogP contribution in [0, 0.1) is 33.5 Å². The third-order valence-electron chi connectivity index (χ3n) is 12.7. The second-order valence-electron chi connectivity index (χ2n) is 14.7. The molecular weight excluding hydrogens is 564 g/mol. The maximum absolute atomic E-state index is 13.4. The summed E-state index contributed by atoms with van der Waals surface area (Å²) in [5, 5.41) is 12.5. The fraction of sp³-hybridized carbons (Fsp3) is 0.686. The molecule has 2 heterocycles. The smallest absolute Gasteiger partial charge is 0.333 e. The standard InChI is InChI=1S/C35H46O9/c1-9-18(2)31(39)44-27-15-25(42-19(3)36)32(5)17-41-28-29(32)35(27,8)24-14-26(43-20(4)37)33(6)22(21-12-13-40-16-21)10-11-23(33)34(24,7)30(28)38/h9,11-13,16,22,24-30,38H,10,14-15,17H2,1-8H3. The first-order valence-corrected chi connectivity index (χ1v) is 15.9. The lowest BCUT2D eigenvalue weighted by atomic mass is 9.36. The van der Waals surface area contributed by atoms with Crippen LogP contribution >= 0.6 is 0 Å². The van der Waals surface area contributed by atoms with Gasteiger partial charge in [0.1, 0.15) is 18.3 Å². The molecule has 9 nitrogen and oxygen atoms in total. The van der Waals surface area contributed by atoms with E-state index in [-0.39, 0.29) is 23.7 Å². The number of aliphatic hydroxyl groups excluding tert-OH is 1. The maximum atomic E-state index is 13.4. The zero-order chi connectivity index (χ0) is 32.0. The molecule has 1 aromatic heterocycles. The van der Waals surface area contributed by atoms with Gasteiger partial charge in [-0.2, -0.15) is 0 Å². The van der Waals surface area contributed by atoms with Crippen molar-refractivity contribution in [1.29, 1.82) is 0 Å². The molecule has 1 aliphatic heterocycles. The molecule has 0 spiro atoms. The van der Waals surface area contributed by atoms with Crippen molar-refractivity contribution >= 4 is 17.9 Å². The number of carbonyl (C=O) groups is 3. The molecule has 240 valence electrons. The van der Waals surface area contributed by atoms with Crippen molar-refractivity contribution in [3.05, 3.63) is 47.5 Å². The van der Waals surface area contributed by atoms with E-state index in [9.17, 15) is 19.5 Å². The van der Waals surface area contributed by atoms with E-state index in [1.165, 1.54) is 13.8 Å². The van der Waals surface area contributed by atoms with E-state index in [0.717, 1.165) is 11.1 Å². The Balaban J connectivity index is 1.54. The first-order chi connectivity index (χ1) is 20.6. The van der Waals surface area contributed by atoms with Crippen LogP contribution in [0.15, 0.2) is 46.3 Å². The molecular formula is C35H46O9. The van der Waals surface area contributed by atoms with Gasteiger partial charge in [-0.05, 0) is 44.2 Å². The highest BCUT2D eigenvalue weighted by Gasteiger charge is 2.78. The second-order valence-corrected chi connectivity index (χ2v) is 14.7. The number of hydrogen-bond donors (Lipinski definition) is 1. The number of ether oxygens (including phenoxy) is 4. The van der Waals surface area contributed by atoms with Crippen LogP contribution in [0.5, 0.6) is 0 Å². The summed E-state index contributed by atoms with van der Waals surface area (Å²) in [7, 11) is 0. The minimum Gasteiger partial charge on any atom is -0.472 e. The third kappa shape index (κ3) is 4.00. The molecule has 5 aliphatic rings. The number of rotatable bonds is 5. The summed E-state index contributed by atoms with van der Waals surface area (Å²) in [6, 6.07) is 1.96. The number of hydrogen-bond acceptors (Lipinski definition) is 9. The number of aliphatic hydroxyl groups is 1. The molecule has 0 radical (unpaired) electrons. The number of carbonyl (C=O) groups excluding carboxylic acids is 3. The highest BCUT2D eigenvalue weighted by molar-refractivity contribution is 5.87. The van der Waals surface area contributed by atoms with Crippen molar-refractivity contribution in [2.45, 2.75) is 111 Å². The summed E-state index contributed by atoms with van der Waals surface area (Å²) in [5.74, 6) is -1.79. The summed E-state index contributed by atoms with van der Waals surface area (Å²) in [6.45, 7) is 15.1. The van der Waals surface area contributed by atoms with Crippen LogP contribution in [0.3, 0.4) is 0 Å². The maximum Gasteiger partial charge on any atom is 0.333 e. The van der Waals surface area contributed by atoms with Crippen molar-refractivity contribution in [2.75, 3.05) is 6.61 Å². The SMILES string of the molecule is CC=C(C)C(=O)OC1CC(OC(C)=O)C2(C)COC3C(O)C4(C)C5=CCC(c6ccoc6)C5(C)C(OC(C)=O)CC4C1(C)C32. The molecule has 4 fully saturated rings. The molecule has 1 saturated heterocycles. The monoisotopic (exact) mass is 610 g/mol. The largest absolute Gasteiger partial charge is 0.472 e. The van der Waals surface area contributed by atoms with Crippen molar-refractivity contribution in [3.8, 4) is 0 Å².